The average Bonchev–Trinajstić information content (AvgIpc) is 3.25. The summed E-state index contributed by atoms with van der Waals surface area (Å²) in [6, 6.07) is 0. The minimum absolute atomic E-state index is 0.479. The van der Waals surface area contributed by atoms with Crippen molar-refractivity contribution in [2.75, 3.05) is 13.2 Å². The molecule has 0 radical (unpaired) electrons. The van der Waals surface area contributed by atoms with Crippen LogP contribution in [0.3, 0.4) is 0 Å². The monoisotopic (exact) mass is 478 g/mol. The van der Waals surface area contributed by atoms with Crippen LogP contribution in [-0.4, -0.2) is 101 Å². The Hall–Kier alpha value is -0.400. The van der Waals surface area contributed by atoms with Crippen molar-refractivity contribution in [2.24, 2.45) is 0 Å². The lowest BCUT2D eigenvalue weighted by atomic mass is 9.99. The number of rotatable bonds is 12. The zero-order valence-electron chi connectivity index (χ0n) is 20.2. The van der Waals surface area contributed by atoms with Crippen LogP contribution in [0, 0.1) is 0 Å². The van der Waals surface area contributed by atoms with E-state index in [-0.39, 0.29) is 0 Å². The standard InChI is InChI=1S/C23H42O10/c1-5-6-7-8-9-10-11-28-22-20-19(32-23(3,4)33-20)17(13(2)29-22)30-21-16(27)15(26)18(31-21)14(25)12-24/h13-22,24-27H,5-12H2,1-4H3/t13?,14-,15-,16-,17?,18+,19?,20?,21-,22?/m1/s1. The maximum absolute atomic E-state index is 10.4. The molecule has 3 aliphatic heterocycles. The van der Waals surface area contributed by atoms with Gasteiger partial charge in [-0.1, -0.05) is 39.0 Å². The van der Waals surface area contributed by atoms with Gasteiger partial charge in [0.1, 0.15) is 42.7 Å². The van der Waals surface area contributed by atoms with E-state index in [1.54, 1.807) is 13.8 Å². The maximum atomic E-state index is 10.4. The predicted molar refractivity (Wildman–Crippen MR) is 116 cm³/mol. The second-order valence-electron chi connectivity index (χ2n) is 9.71. The quantitative estimate of drug-likeness (QED) is 0.298. The highest BCUT2D eigenvalue weighted by Crippen LogP contribution is 2.40. The Balaban J connectivity index is 1.59. The largest absolute Gasteiger partial charge is 0.394 e. The third kappa shape index (κ3) is 6.63. The molecule has 10 atom stereocenters. The van der Waals surface area contributed by atoms with Gasteiger partial charge in [-0.05, 0) is 27.2 Å². The number of hydrogen-bond donors (Lipinski definition) is 4. The zero-order valence-corrected chi connectivity index (χ0v) is 20.2. The van der Waals surface area contributed by atoms with Crippen molar-refractivity contribution in [3.63, 3.8) is 0 Å². The fraction of sp³-hybridized carbons (Fsp3) is 1.00. The van der Waals surface area contributed by atoms with E-state index >= 15 is 0 Å². The van der Waals surface area contributed by atoms with Gasteiger partial charge in [-0.25, -0.2) is 0 Å². The molecule has 10 nitrogen and oxygen atoms in total. The van der Waals surface area contributed by atoms with E-state index in [1.807, 2.05) is 6.92 Å². The first-order chi connectivity index (χ1) is 15.7. The Kier molecular flexibility index (Phi) is 9.91. The van der Waals surface area contributed by atoms with E-state index in [1.165, 1.54) is 25.7 Å². The summed E-state index contributed by atoms with van der Waals surface area (Å²) in [7, 11) is 0. The van der Waals surface area contributed by atoms with Crippen LogP contribution < -0.4 is 0 Å². The third-order valence-electron chi connectivity index (χ3n) is 6.46. The molecule has 0 bridgehead atoms. The molecule has 0 spiro atoms. The Morgan fingerprint density at radius 1 is 0.909 bits per heavy atom. The Morgan fingerprint density at radius 2 is 1.58 bits per heavy atom. The summed E-state index contributed by atoms with van der Waals surface area (Å²) in [4.78, 5) is 0. The summed E-state index contributed by atoms with van der Waals surface area (Å²) in [6.07, 6.45) is -2.47. The van der Waals surface area contributed by atoms with Crippen molar-refractivity contribution >= 4 is 0 Å². The predicted octanol–water partition coefficient (Wildman–Crippen LogP) is 0.814. The van der Waals surface area contributed by atoms with E-state index < -0.39 is 73.8 Å². The number of fused-ring (bicyclic) bond motifs is 1. The normalized spacial score (nSPS) is 41.3. The number of aliphatic hydroxyl groups excluding tert-OH is 4. The highest BCUT2D eigenvalue weighted by Gasteiger charge is 2.57. The average molecular weight is 479 g/mol. The van der Waals surface area contributed by atoms with Gasteiger partial charge in [0, 0.05) is 6.61 Å². The van der Waals surface area contributed by atoms with Crippen LogP contribution in [-0.2, 0) is 28.4 Å². The summed E-state index contributed by atoms with van der Waals surface area (Å²) in [5.74, 6) is -0.879. The van der Waals surface area contributed by atoms with Crippen molar-refractivity contribution in [3.8, 4) is 0 Å². The maximum Gasteiger partial charge on any atom is 0.187 e. The lowest BCUT2D eigenvalue weighted by molar-refractivity contribution is -0.305. The molecular formula is C23H42O10. The summed E-state index contributed by atoms with van der Waals surface area (Å²) in [5.41, 5.74) is 0. The van der Waals surface area contributed by atoms with Crippen LogP contribution >= 0.6 is 0 Å². The van der Waals surface area contributed by atoms with Crippen LogP contribution in [0.2, 0.25) is 0 Å². The summed E-state index contributed by atoms with van der Waals surface area (Å²) < 4.78 is 35.8. The molecule has 0 aromatic carbocycles. The molecule has 0 saturated carbocycles. The molecule has 3 aliphatic rings. The molecule has 10 heteroatoms. The highest BCUT2D eigenvalue weighted by molar-refractivity contribution is 4.98. The molecule has 0 aliphatic carbocycles. The Bertz CT molecular complexity index is 590. The van der Waals surface area contributed by atoms with Gasteiger partial charge >= 0.3 is 0 Å². The number of unbranched alkanes of at least 4 members (excludes halogenated alkanes) is 5. The number of ether oxygens (including phenoxy) is 6. The van der Waals surface area contributed by atoms with Crippen LogP contribution in [0.15, 0.2) is 0 Å². The molecule has 3 saturated heterocycles. The van der Waals surface area contributed by atoms with Crippen LogP contribution in [0.25, 0.3) is 0 Å². The van der Waals surface area contributed by atoms with E-state index in [4.69, 9.17) is 33.5 Å². The molecule has 0 aromatic heterocycles. The molecule has 5 unspecified atom stereocenters. The molecule has 3 heterocycles. The van der Waals surface area contributed by atoms with E-state index in [9.17, 15) is 15.3 Å². The Morgan fingerprint density at radius 3 is 2.27 bits per heavy atom. The van der Waals surface area contributed by atoms with Gasteiger partial charge in [-0.3, -0.25) is 0 Å². The first-order valence-corrected chi connectivity index (χ1v) is 12.3. The second-order valence-corrected chi connectivity index (χ2v) is 9.71. The van der Waals surface area contributed by atoms with Gasteiger partial charge < -0.3 is 48.8 Å². The van der Waals surface area contributed by atoms with Gasteiger partial charge in [-0.2, -0.15) is 0 Å². The summed E-state index contributed by atoms with van der Waals surface area (Å²) in [5, 5.41) is 39.6. The number of hydrogen-bond acceptors (Lipinski definition) is 10. The zero-order chi connectivity index (χ0) is 24.2. The first kappa shape index (κ1) is 27.2. The highest BCUT2D eigenvalue weighted by atomic mass is 16.8. The van der Waals surface area contributed by atoms with Crippen molar-refractivity contribution in [1.29, 1.82) is 0 Å². The van der Waals surface area contributed by atoms with Crippen molar-refractivity contribution < 1.29 is 48.8 Å². The Labute approximate surface area is 196 Å². The van der Waals surface area contributed by atoms with Crippen molar-refractivity contribution in [3.05, 3.63) is 0 Å². The molecule has 194 valence electrons. The smallest absolute Gasteiger partial charge is 0.187 e. The SMILES string of the molecule is CCCCCCCCOC1OC(C)C(O[C@@H]2O[C@@H]([C@H](O)CO)[C@H](O)[C@H]2O)C2OC(C)(C)OC12. The molecule has 3 rings (SSSR count). The molecule has 0 amide bonds. The second kappa shape index (κ2) is 12.0. The molecular weight excluding hydrogens is 436 g/mol. The van der Waals surface area contributed by atoms with Gasteiger partial charge in [0.25, 0.3) is 0 Å². The van der Waals surface area contributed by atoms with E-state index in [0.717, 1.165) is 12.8 Å². The minimum atomic E-state index is -1.40. The van der Waals surface area contributed by atoms with Crippen LogP contribution in [0.4, 0.5) is 0 Å². The van der Waals surface area contributed by atoms with E-state index in [2.05, 4.69) is 6.92 Å². The van der Waals surface area contributed by atoms with Gasteiger partial charge in [0.2, 0.25) is 0 Å². The molecule has 0 aromatic rings. The first-order valence-electron chi connectivity index (χ1n) is 12.3. The molecule has 3 fully saturated rings. The lowest BCUT2D eigenvalue weighted by Crippen LogP contribution is -2.58. The minimum Gasteiger partial charge on any atom is -0.394 e. The molecule has 33 heavy (non-hydrogen) atoms. The third-order valence-corrected chi connectivity index (χ3v) is 6.46. The van der Waals surface area contributed by atoms with Crippen molar-refractivity contribution in [2.45, 2.75) is 133 Å². The van der Waals surface area contributed by atoms with Gasteiger partial charge in [0.05, 0.1) is 12.7 Å². The fourth-order valence-electron chi connectivity index (χ4n) is 4.68. The van der Waals surface area contributed by atoms with Gasteiger partial charge in [-0.15, -0.1) is 0 Å². The van der Waals surface area contributed by atoms with Crippen molar-refractivity contribution in [1.82, 2.24) is 0 Å². The topological polar surface area (TPSA) is 136 Å². The molecule has 4 N–H and O–H groups in total. The lowest BCUT2D eigenvalue weighted by Gasteiger charge is -2.41. The van der Waals surface area contributed by atoms with Gasteiger partial charge in [0.15, 0.2) is 18.4 Å². The fourth-order valence-corrected chi connectivity index (χ4v) is 4.68. The number of aliphatic hydroxyl groups is 4. The van der Waals surface area contributed by atoms with E-state index in [0.29, 0.717) is 6.61 Å². The van der Waals surface area contributed by atoms with Crippen LogP contribution in [0.5, 0.6) is 0 Å². The summed E-state index contributed by atoms with van der Waals surface area (Å²) in [6.45, 7) is 7.56. The summed E-state index contributed by atoms with van der Waals surface area (Å²) >= 11 is 0. The van der Waals surface area contributed by atoms with Crippen LogP contribution in [0.1, 0.15) is 66.2 Å².